The average molecular weight is 522 g/mol. The topological polar surface area (TPSA) is 85.3 Å². The van der Waals surface area contributed by atoms with Crippen molar-refractivity contribution in [2.75, 3.05) is 26.9 Å². The minimum Gasteiger partial charge on any atom is -0.507 e. The van der Waals surface area contributed by atoms with Crippen molar-refractivity contribution >= 4 is 29.1 Å². The van der Waals surface area contributed by atoms with Crippen molar-refractivity contribution < 1.29 is 28.9 Å². The number of aliphatic hydroxyl groups is 1. The van der Waals surface area contributed by atoms with Crippen LogP contribution < -0.4 is 9.47 Å². The maximum atomic E-state index is 13.1. The summed E-state index contributed by atoms with van der Waals surface area (Å²) < 4.78 is 16.6. The standard InChI is InChI=1S/C29H28ClNO6/c1-3-36-24-17-21(11-14-23(24)30)27(32)25-26(31(15-16-35-2)29(34)28(25)33)20-9-12-22(13-10-20)37-18-19-7-5-4-6-8-19/h4-14,17,26,32H,3,15-16,18H2,1-2H3/b27-25-. The first-order valence-corrected chi connectivity index (χ1v) is 12.3. The zero-order valence-corrected chi connectivity index (χ0v) is 21.4. The number of aliphatic hydroxyl groups excluding tert-OH is 1. The van der Waals surface area contributed by atoms with E-state index in [0.29, 0.717) is 40.9 Å². The van der Waals surface area contributed by atoms with E-state index in [9.17, 15) is 14.7 Å². The molecule has 0 bridgehead atoms. The molecule has 1 heterocycles. The number of amides is 1. The number of likely N-dealkylation sites (tertiary alicyclic amines) is 1. The van der Waals surface area contributed by atoms with Gasteiger partial charge in [0.15, 0.2) is 0 Å². The van der Waals surface area contributed by atoms with Gasteiger partial charge in [0, 0.05) is 19.2 Å². The first-order chi connectivity index (χ1) is 17.9. The van der Waals surface area contributed by atoms with E-state index < -0.39 is 17.7 Å². The molecule has 1 atom stereocenters. The molecule has 0 aliphatic carbocycles. The fourth-order valence-electron chi connectivity index (χ4n) is 4.21. The summed E-state index contributed by atoms with van der Waals surface area (Å²) in [6.45, 7) is 3.02. The van der Waals surface area contributed by atoms with E-state index in [2.05, 4.69) is 0 Å². The van der Waals surface area contributed by atoms with E-state index >= 15 is 0 Å². The summed E-state index contributed by atoms with van der Waals surface area (Å²) in [6.07, 6.45) is 0. The van der Waals surface area contributed by atoms with Crippen LogP contribution >= 0.6 is 11.6 Å². The van der Waals surface area contributed by atoms with Crippen LogP contribution in [0.2, 0.25) is 5.02 Å². The van der Waals surface area contributed by atoms with Gasteiger partial charge in [0.2, 0.25) is 0 Å². The van der Waals surface area contributed by atoms with Gasteiger partial charge in [0.1, 0.15) is 23.9 Å². The number of Topliss-reactive ketones (excluding diaryl/α,β-unsaturated/α-hetero) is 1. The molecule has 1 aliphatic heterocycles. The van der Waals surface area contributed by atoms with Crippen LogP contribution in [0.15, 0.2) is 78.4 Å². The number of ketones is 1. The van der Waals surface area contributed by atoms with Crippen molar-refractivity contribution in [2.45, 2.75) is 19.6 Å². The van der Waals surface area contributed by atoms with Gasteiger partial charge in [-0.3, -0.25) is 9.59 Å². The molecule has 1 amide bonds. The lowest BCUT2D eigenvalue weighted by Gasteiger charge is -2.25. The van der Waals surface area contributed by atoms with Gasteiger partial charge in [0.25, 0.3) is 11.7 Å². The van der Waals surface area contributed by atoms with Gasteiger partial charge < -0.3 is 24.2 Å². The minimum absolute atomic E-state index is 0.0103. The van der Waals surface area contributed by atoms with Gasteiger partial charge >= 0.3 is 0 Å². The van der Waals surface area contributed by atoms with Crippen LogP contribution in [0.4, 0.5) is 0 Å². The predicted octanol–water partition coefficient (Wildman–Crippen LogP) is 5.39. The van der Waals surface area contributed by atoms with Crippen molar-refractivity contribution in [2.24, 2.45) is 0 Å². The molecule has 0 aromatic heterocycles. The second-order valence-electron chi connectivity index (χ2n) is 8.41. The lowest BCUT2D eigenvalue weighted by Crippen LogP contribution is -2.32. The highest BCUT2D eigenvalue weighted by atomic mass is 35.5. The third kappa shape index (κ3) is 5.79. The molecular formula is C29H28ClNO6. The lowest BCUT2D eigenvalue weighted by atomic mass is 9.95. The minimum atomic E-state index is -0.801. The van der Waals surface area contributed by atoms with Crippen LogP contribution in [0.3, 0.4) is 0 Å². The Morgan fingerprint density at radius 2 is 1.73 bits per heavy atom. The van der Waals surface area contributed by atoms with E-state index in [4.69, 9.17) is 25.8 Å². The average Bonchev–Trinajstić information content (AvgIpc) is 3.17. The molecule has 0 saturated carbocycles. The van der Waals surface area contributed by atoms with Gasteiger partial charge in [0.05, 0.1) is 29.9 Å². The fourth-order valence-corrected chi connectivity index (χ4v) is 4.38. The van der Waals surface area contributed by atoms with Crippen LogP contribution in [-0.4, -0.2) is 48.6 Å². The third-order valence-corrected chi connectivity index (χ3v) is 6.34. The van der Waals surface area contributed by atoms with Crippen molar-refractivity contribution in [1.29, 1.82) is 0 Å². The van der Waals surface area contributed by atoms with E-state index in [0.717, 1.165) is 5.56 Å². The maximum Gasteiger partial charge on any atom is 0.295 e. The number of carbonyl (C=O) groups excluding carboxylic acids is 2. The monoisotopic (exact) mass is 521 g/mol. The summed E-state index contributed by atoms with van der Waals surface area (Å²) in [5, 5.41) is 11.6. The van der Waals surface area contributed by atoms with Crippen LogP contribution in [0.5, 0.6) is 11.5 Å². The first-order valence-electron chi connectivity index (χ1n) is 11.9. The SMILES string of the molecule is CCOc1cc(/C(O)=C2/C(=O)C(=O)N(CCOC)C2c2ccc(OCc3ccccc3)cc2)ccc1Cl. The molecule has 3 aromatic carbocycles. The van der Waals surface area contributed by atoms with Crippen LogP contribution in [0.1, 0.15) is 29.7 Å². The van der Waals surface area contributed by atoms with Gasteiger partial charge in [-0.15, -0.1) is 0 Å². The summed E-state index contributed by atoms with van der Waals surface area (Å²) in [6, 6.07) is 20.9. The zero-order valence-electron chi connectivity index (χ0n) is 20.6. The molecule has 3 aromatic rings. The van der Waals surface area contributed by atoms with Crippen LogP contribution in [0, 0.1) is 0 Å². The molecule has 1 unspecified atom stereocenters. The number of ether oxygens (including phenoxy) is 3. The molecule has 0 radical (unpaired) electrons. The highest BCUT2D eigenvalue weighted by Crippen LogP contribution is 2.40. The Morgan fingerprint density at radius 3 is 2.41 bits per heavy atom. The first kappa shape index (κ1) is 26.3. The Hall–Kier alpha value is -3.81. The van der Waals surface area contributed by atoms with Crippen molar-refractivity contribution in [1.82, 2.24) is 4.90 Å². The summed E-state index contributed by atoms with van der Waals surface area (Å²) in [5.74, 6) is -0.757. The molecule has 4 rings (SSSR count). The highest BCUT2D eigenvalue weighted by Gasteiger charge is 2.45. The number of hydrogen-bond acceptors (Lipinski definition) is 6. The summed E-state index contributed by atoms with van der Waals surface area (Å²) in [4.78, 5) is 27.6. The Bertz CT molecular complexity index is 1290. The van der Waals surface area contributed by atoms with Crippen molar-refractivity contribution in [3.63, 3.8) is 0 Å². The number of halogens is 1. The third-order valence-electron chi connectivity index (χ3n) is 6.02. The number of hydrogen-bond donors (Lipinski definition) is 1. The predicted molar refractivity (Wildman–Crippen MR) is 141 cm³/mol. The van der Waals surface area contributed by atoms with Crippen LogP contribution in [-0.2, 0) is 20.9 Å². The molecule has 192 valence electrons. The quantitative estimate of drug-likeness (QED) is 0.219. The summed E-state index contributed by atoms with van der Waals surface area (Å²) >= 11 is 6.20. The van der Waals surface area contributed by atoms with E-state index in [1.807, 2.05) is 37.3 Å². The Balaban J connectivity index is 1.70. The molecule has 37 heavy (non-hydrogen) atoms. The Morgan fingerprint density at radius 1 is 1.00 bits per heavy atom. The molecule has 1 aliphatic rings. The normalized spacial score (nSPS) is 16.7. The van der Waals surface area contributed by atoms with Gasteiger partial charge in [-0.2, -0.15) is 0 Å². The van der Waals surface area contributed by atoms with Gasteiger partial charge in [-0.05, 0) is 48.4 Å². The number of methoxy groups -OCH3 is 1. The van der Waals surface area contributed by atoms with E-state index in [-0.39, 0.29) is 24.5 Å². The summed E-state index contributed by atoms with van der Waals surface area (Å²) in [5.41, 5.74) is 2.01. The van der Waals surface area contributed by atoms with E-state index in [1.54, 1.807) is 42.5 Å². The summed E-state index contributed by atoms with van der Waals surface area (Å²) in [7, 11) is 1.52. The molecule has 8 heteroatoms. The molecular weight excluding hydrogens is 494 g/mol. The molecule has 7 nitrogen and oxygen atoms in total. The van der Waals surface area contributed by atoms with Crippen molar-refractivity contribution in [3.8, 4) is 11.5 Å². The zero-order chi connectivity index (χ0) is 26.4. The van der Waals surface area contributed by atoms with E-state index in [1.165, 1.54) is 12.0 Å². The molecule has 0 spiro atoms. The van der Waals surface area contributed by atoms with Crippen LogP contribution in [0.25, 0.3) is 5.76 Å². The Labute approximate surface area is 220 Å². The highest BCUT2D eigenvalue weighted by molar-refractivity contribution is 6.46. The number of nitrogens with zero attached hydrogens (tertiary/aromatic N) is 1. The van der Waals surface area contributed by atoms with Crippen molar-refractivity contribution in [3.05, 3.63) is 100 Å². The smallest absolute Gasteiger partial charge is 0.295 e. The molecule has 1 saturated heterocycles. The second-order valence-corrected chi connectivity index (χ2v) is 8.81. The molecule has 1 N–H and O–H groups in total. The second kappa shape index (κ2) is 12.0. The van der Waals surface area contributed by atoms with Gasteiger partial charge in [-0.25, -0.2) is 0 Å². The maximum absolute atomic E-state index is 13.1. The lowest BCUT2D eigenvalue weighted by molar-refractivity contribution is -0.140. The fraction of sp³-hybridized carbons (Fsp3) is 0.241. The Kier molecular flexibility index (Phi) is 8.48. The van der Waals surface area contributed by atoms with Gasteiger partial charge in [-0.1, -0.05) is 54.1 Å². The molecule has 1 fully saturated rings. The number of rotatable bonds is 10. The number of benzene rings is 3. The largest absolute Gasteiger partial charge is 0.507 e. The number of carbonyl (C=O) groups is 2.